The summed E-state index contributed by atoms with van der Waals surface area (Å²) in [4.78, 5) is 30.9. The van der Waals surface area contributed by atoms with Gasteiger partial charge in [0.15, 0.2) is 0 Å². The maximum atomic E-state index is 11.9. The number of hydrogen-bond donors (Lipinski definition) is 4. The molecule has 0 aliphatic carbocycles. The van der Waals surface area contributed by atoms with Crippen LogP contribution in [0.1, 0.15) is 5.56 Å². The summed E-state index contributed by atoms with van der Waals surface area (Å²) in [5, 5.41) is 6.16. The van der Waals surface area contributed by atoms with Gasteiger partial charge in [-0.3, -0.25) is 14.4 Å². The minimum atomic E-state index is -0.683. The van der Waals surface area contributed by atoms with E-state index >= 15 is 0 Å². The number of aromatic nitrogens is 1. The first-order valence-electron chi connectivity index (χ1n) is 6.53. The van der Waals surface area contributed by atoms with Gasteiger partial charge in [-0.15, -0.1) is 0 Å². The quantitative estimate of drug-likeness (QED) is 0.554. The van der Waals surface area contributed by atoms with Crippen molar-refractivity contribution >= 4 is 22.7 Å². The first-order valence-corrected chi connectivity index (χ1v) is 6.53. The van der Waals surface area contributed by atoms with Crippen LogP contribution in [0.3, 0.4) is 0 Å². The van der Waals surface area contributed by atoms with Crippen molar-refractivity contribution in [2.45, 2.75) is 12.5 Å². The van der Waals surface area contributed by atoms with Crippen LogP contribution in [0.25, 0.3) is 10.9 Å². The van der Waals surface area contributed by atoms with Crippen molar-refractivity contribution in [3.63, 3.8) is 0 Å². The number of hydrogen-bond acceptors (Lipinski definition) is 4. The van der Waals surface area contributed by atoms with Crippen LogP contribution in [0.4, 0.5) is 0 Å². The predicted octanol–water partition coefficient (Wildman–Crippen LogP) is -0.168. The Kier molecular flexibility index (Phi) is 4.91. The lowest BCUT2D eigenvalue weighted by atomic mass is 10.0. The highest BCUT2D eigenvalue weighted by Crippen LogP contribution is 2.19. The Balaban J connectivity index is 2.18. The van der Waals surface area contributed by atoms with Gasteiger partial charge < -0.3 is 15.6 Å². The Labute approximate surface area is 121 Å². The maximum absolute atomic E-state index is 11.9. The van der Waals surface area contributed by atoms with Crippen LogP contribution in [0.15, 0.2) is 30.5 Å². The van der Waals surface area contributed by atoms with Crippen LogP contribution in [0.5, 0.6) is 0 Å². The van der Waals surface area contributed by atoms with Gasteiger partial charge >= 0.3 is 0 Å². The molecule has 0 aliphatic heterocycles. The summed E-state index contributed by atoms with van der Waals surface area (Å²) in [6, 6.07) is 7.09. The highest BCUT2D eigenvalue weighted by atomic mass is 16.6. The SMILES string of the molecule is CNC(=O)C(Cc1c[nH]c2ccccc12)NC(=O)CON. The van der Waals surface area contributed by atoms with Crippen LogP contribution < -0.4 is 16.5 Å². The Morgan fingerprint density at radius 2 is 2.14 bits per heavy atom. The molecule has 1 heterocycles. The molecule has 0 bridgehead atoms. The molecule has 1 aromatic heterocycles. The number of carbonyl (C=O) groups excluding carboxylic acids is 2. The number of H-pyrrole nitrogens is 1. The van der Waals surface area contributed by atoms with Gasteiger partial charge in [0.05, 0.1) is 0 Å². The molecular weight excluding hydrogens is 272 g/mol. The van der Waals surface area contributed by atoms with Crippen molar-refractivity contribution in [3.8, 4) is 0 Å². The van der Waals surface area contributed by atoms with Crippen molar-refractivity contribution in [1.82, 2.24) is 15.6 Å². The molecule has 2 aromatic rings. The minimum Gasteiger partial charge on any atom is -0.361 e. The second-order valence-corrected chi connectivity index (χ2v) is 4.61. The van der Waals surface area contributed by atoms with E-state index in [-0.39, 0.29) is 12.5 Å². The molecule has 112 valence electrons. The summed E-state index contributed by atoms with van der Waals surface area (Å²) in [6.45, 7) is -0.290. The zero-order valence-electron chi connectivity index (χ0n) is 11.7. The molecule has 0 radical (unpaired) electrons. The first kappa shape index (κ1) is 15.0. The van der Waals surface area contributed by atoms with Gasteiger partial charge in [-0.05, 0) is 11.6 Å². The van der Waals surface area contributed by atoms with E-state index in [2.05, 4.69) is 20.5 Å². The largest absolute Gasteiger partial charge is 0.361 e. The molecule has 0 aliphatic rings. The third-order valence-electron chi connectivity index (χ3n) is 3.21. The van der Waals surface area contributed by atoms with E-state index in [0.29, 0.717) is 6.42 Å². The number of para-hydroxylation sites is 1. The van der Waals surface area contributed by atoms with Crippen LogP contribution >= 0.6 is 0 Å². The molecule has 0 fully saturated rings. The number of amides is 2. The standard InChI is InChI=1S/C14H18N4O3/c1-16-14(20)12(18-13(19)8-21-15)6-9-7-17-11-5-3-2-4-10(9)11/h2-5,7,12,17H,6,8,15H2,1H3,(H,16,20)(H,18,19). The fourth-order valence-corrected chi connectivity index (χ4v) is 2.22. The number of carbonyl (C=O) groups is 2. The van der Waals surface area contributed by atoms with E-state index in [1.165, 1.54) is 7.05 Å². The van der Waals surface area contributed by atoms with Gasteiger partial charge in [0, 0.05) is 30.6 Å². The average Bonchev–Trinajstić information content (AvgIpc) is 2.89. The van der Waals surface area contributed by atoms with E-state index in [1.807, 2.05) is 30.5 Å². The van der Waals surface area contributed by atoms with Gasteiger partial charge in [0.25, 0.3) is 0 Å². The number of aromatic amines is 1. The molecule has 2 rings (SSSR count). The Morgan fingerprint density at radius 3 is 2.86 bits per heavy atom. The number of nitrogens with one attached hydrogen (secondary N) is 3. The summed E-state index contributed by atoms with van der Waals surface area (Å²) in [6.07, 6.45) is 2.21. The lowest BCUT2D eigenvalue weighted by molar-refractivity contribution is -0.131. The number of benzene rings is 1. The lowest BCUT2D eigenvalue weighted by Gasteiger charge is -2.16. The third-order valence-corrected chi connectivity index (χ3v) is 3.21. The highest BCUT2D eigenvalue weighted by molar-refractivity contribution is 5.89. The number of rotatable bonds is 6. The van der Waals surface area contributed by atoms with E-state index in [0.717, 1.165) is 16.5 Å². The van der Waals surface area contributed by atoms with Crippen molar-refractivity contribution < 1.29 is 14.4 Å². The van der Waals surface area contributed by atoms with Crippen LogP contribution in [0.2, 0.25) is 0 Å². The summed E-state index contributed by atoms with van der Waals surface area (Å²) < 4.78 is 0. The molecule has 0 saturated heterocycles. The number of fused-ring (bicyclic) bond motifs is 1. The topological polar surface area (TPSA) is 109 Å². The lowest BCUT2D eigenvalue weighted by Crippen LogP contribution is -2.48. The van der Waals surface area contributed by atoms with Crippen LogP contribution in [-0.4, -0.2) is 36.5 Å². The van der Waals surface area contributed by atoms with E-state index in [9.17, 15) is 9.59 Å². The molecule has 2 amide bonds. The molecule has 1 aromatic carbocycles. The molecular formula is C14H18N4O3. The Hall–Kier alpha value is -2.38. The van der Waals surface area contributed by atoms with E-state index in [1.54, 1.807) is 0 Å². The smallest absolute Gasteiger partial charge is 0.248 e. The molecule has 5 N–H and O–H groups in total. The zero-order valence-corrected chi connectivity index (χ0v) is 11.7. The highest BCUT2D eigenvalue weighted by Gasteiger charge is 2.21. The van der Waals surface area contributed by atoms with Gasteiger partial charge in [0.2, 0.25) is 11.8 Å². The predicted molar refractivity (Wildman–Crippen MR) is 78.1 cm³/mol. The Morgan fingerprint density at radius 1 is 1.38 bits per heavy atom. The van der Waals surface area contributed by atoms with E-state index in [4.69, 9.17) is 5.90 Å². The summed E-state index contributed by atoms with van der Waals surface area (Å²) in [5.41, 5.74) is 1.94. The second-order valence-electron chi connectivity index (χ2n) is 4.61. The number of nitrogens with two attached hydrogens (primary N) is 1. The van der Waals surface area contributed by atoms with Crippen molar-refractivity contribution in [2.24, 2.45) is 5.90 Å². The van der Waals surface area contributed by atoms with Gasteiger partial charge in [0.1, 0.15) is 12.6 Å². The van der Waals surface area contributed by atoms with Crippen molar-refractivity contribution in [2.75, 3.05) is 13.7 Å². The first-order chi connectivity index (χ1) is 10.2. The minimum absolute atomic E-state index is 0.273. The molecule has 7 nitrogen and oxygen atoms in total. The molecule has 0 spiro atoms. The zero-order chi connectivity index (χ0) is 15.2. The summed E-state index contributed by atoms with van der Waals surface area (Å²) in [5.74, 6) is 4.15. The Bertz CT molecular complexity index is 638. The monoisotopic (exact) mass is 290 g/mol. The third kappa shape index (κ3) is 3.59. The molecule has 1 unspecified atom stereocenters. The molecule has 1 atom stereocenters. The van der Waals surface area contributed by atoms with Crippen molar-refractivity contribution in [3.05, 3.63) is 36.0 Å². The normalized spacial score (nSPS) is 12.1. The summed E-state index contributed by atoms with van der Waals surface area (Å²) in [7, 11) is 1.52. The van der Waals surface area contributed by atoms with E-state index < -0.39 is 11.9 Å². The molecule has 21 heavy (non-hydrogen) atoms. The van der Waals surface area contributed by atoms with Crippen LogP contribution in [0, 0.1) is 0 Å². The molecule has 0 saturated carbocycles. The second kappa shape index (κ2) is 6.87. The number of likely N-dealkylation sites (N-methyl/N-ethyl adjacent to an activating group) is 1. The van der Waals surface area contributed by atoms with Crippen LogP contribution in [-0.2, 0) is 20.8 Å². The fourth-order valence-electron chi connectivity index (χ4n) is 2.22. The average molecular weight is 290 g/mol. The fraction of sp³-hybridized carbons (Fsp3) is 0.286. The van der Waals surface area contributed by atoms with Gasteiger partial charge in [-0.2, -0.15) is 0 Å². The summed E-state index contributed by atoms with van der Waals surface area (Å²) >= 11 is 0. The van der Waals surface area contributed by atoms with Gasteiger partial charge in [-0.25, -0.2) is 5.90 Å². The maximum Gasteiger partial charge on any atom is 0.248 e. The molecule has 7 heteroatoms. The van der Waals surface area contributed by atoms with Crippen molar-refractivity contribution in [1.29, 1.82) is 0 Å². The van der Waals surface area contributed by atoms with Gasteiger partial charge in [-0.1, -0.05) is 18.2 Å².